The molecule has 1 N–H and O–H groups in total. The standard InChI is InChI=1S/C20H23N5O2/c26-20(22-15-16-4-3-7-21-14-16)19-17-5-1-2-8-25(17)18(23-19)6-9-24-10-12-27-13-11-24/h1-5,7-8,14H,6,9-13,15H2,(H,22,26). The third kappa shape index (κ3) is 4.15. The molecule has 3 aromatic heterocycles. The van der Waals surface area contributed by atoms with Gasteiger partial charge in [0.25, 0.3) is 5.91 Å². The Labute approximate surface area is 158 Å². The summed E-state index contributed by atoms with van der Waals surface area (Å²) in [6.45, 7) is 4.80. The van der Waals surface area contributed by atoms with E-state index in [1.165, 1.54) is 0 Å². The maximum atomic E-state index is 12.7. The number of ether oxygens (including phenoxy) is 1. The summed E-state index contributed by atoms with van der Waals surface area (Å²) >= 11 is 0. The van der Waals surface area contributed by atoms with E-state index in [-0.39, 0.29) is 5.91 Å². The van der Waals surface area contributed by atoms with E-state index in [1.54, 1.807) is 12.4 Å². The van der Waals surface area contributed by atoms with Gasteiger partial charge in [0.2, 0.25) is 0 Å². The molecule has 1 amide bonds. The van der Waals surface area contributed by atoms with Crippen LogP contribution in [0.5, 0.6) is 0 Å². The predicted octanol–water partition coefficient (Wildman–Crippen LogP) is 1.53. The van der Waals surface area contributed by atoms with E-state index in [4.69, 9.17) is 4.74 Å². The van der Waals surface area contributed by atoms with Gasteiger partial charge in [0.1, 0.15) is 5.82 Å². The highest BCUT2D eigenvalue weighted by Crippen LogP contribution is 2.14. The normalized spacial score (nSPS) is 15.1. The molecule has 4 heterocycles. The molecule has 0 aromatic carbocycles. The molecule has 4 rings (SSSR count). The van der Waals surface area contributed by atoms with Gasteiger partial charge < -0.3 is 14.5 Å². The average molecular weight is 365 g/mol. The number of nitrogens with one attached hydrogen (secondary N) is 1. The summed E-state index contributed by atoms with van der Waals surface area (Å²) in [5.41, 5.74) is 2.26. The fourth-order valence-corrected chi connectivity index (χ4v) is 3.30. The number of imidazole rings is 1. The number of hydrogen-bond donors (Lipinski definition) is 1. The molecule has 3 aromatic rings. The van der Waals surface area contributed by atoms with E-state index < -0.39 is 0 Å². The van der Waals surface area contributed by atoms with Crippen molar-refractivity contribution in [1.29, 1.82) is 0 Å². The van der Waals surface area contributed by atoms with Crippen molar-refractivity contribution in [3.63, 3.8) is 0 Å². The van der Waals surface area contributed by atoms with E-state index in [1.807, 2.05) is 40.9 Å². The minimum Gasteiger partial charge on any atom is -0.379 e. The summed E-state index contributed by atoms with van der Waals surface area (Å²) in [6, 6.07) is 9.62. The summed E-state index contributed by atoms with van der Waals surface area (Å²) in [6.07, 6.45) is 6.23. The number of rotatable bonds is 6. The van der Waals surface area contributed by atoms with Crippen LogP contribution in [0.15, 0.2) is 48.9 Å². The number of pyridine rings is 2. The van der Waals surface area contributed by atoms with Gasteiger partial charge in [0, 0.05) is 51.2 Å². The SMILES string of the molecule is O=C(NCc1cccnc1)c1nc(CCN2CCOCC2)n2ccccc12. The fraction of sp³-hybridized carbons (Fsp3) is 0.350. The first-order chi connectivity index (χ1) is 13.3. The van der Waals surface area contributed by atoms with Crippen molar-refractivity contribution < 1.29 is 9.53 Å². The summed E-state index contributed by atoms with van der Waals surface area (Å²) in [5.74, 6) is 0.740. The molecule has 7 nitrogen and oxygen atoms in total. The molecule has 1 saturated heterocycles. The smallest absolute Gasteiger partial charge is 0.272 e. The highest BCUT2D eigenvalue weighted by atomic mass is 16.5. The van der Waals surface area contributed by atoms with Crippen LogP contribution in [0, 0.1) is 0 Å². The number of nitrogens with zero attached hydrogens (tertiary/aromatic N) is 4. The van der Waals surface area contributed by atoms with E-state index in [9.17, 15) is 4.79 Å². The number of hydrogen-bond acceptors (Lipinski definition) is 5. The van der Waals surface area contributed by atoms with Crippen LogP contribution in [0.4, 0.5) is 0 Å². The first-order valence-electron chi connectivity index (χ1n) is 9.24. The lowest BCUT2D eigenvalue weighted by Crippen LogP contribution is -2.37. The Morgan fingerprint density at radius 2 is 2.07 bits per heavy atom. The maximum Gasteiger partial charge on any atom is 0.272 e. The van der Waals surface area contributed by atoms with Gasteiger partial charge in [-0.25, -0.2) is 4.98 Å². The van der Waals surface area contributed by atoms with Crippen LogP contribution in [-0.2, 0) is 17.7 Å². The molecule has 0 radical (unpaired) electrons. The van der Waals surface area contributed by atoms with Crippen LogP contribution < -0.4 is 5.32 Å². The molecule has 7 heteroatoms. The predicted molar refractivity (Wildman–Crippen MR) is 102 cm³/mol. The molecule has 0 saturated carbocycles. The second-order valence-corrected chi connectivity index (χ2v) is 6.58. The number of carbonyl (C=O) groups excluding carboxylic acids is 1. The van der Waals surface area contributed by atoms with E-state index in [2.05, 4.69) is 20.2 Å². The molecule has 27 heavy (non-hydrogen) atoms. The van der Waals surface area contributed by atoms with Gasteiger partial charge in [-0.1, -0.05) is 12.1 Å². The minimum atomic E-state index is -0.167. The Morgan fingerprint density at radius 3 is 2.89 bits per heavy atom. The van der Waals surface area contributed by atoms with Gasteiger partial charge in [-0.2, -0.15) is 0 Å². The Morgan fingerprint density at radius 1 is 1.19 bits per heavy atom. The third-order valence-corrected chi connectivity index (χ3v) is 4.77. The van der Waals surface area contributed by atoms with E-state index >= 15 is 0 Å². The molecule has 0 aliphatic carbocycles. The van der Waals surface area contributed by atoms with Gasteiger partial charge in [-0.05, 0) is 23.8 Å². The summed E-state index contributed by atoms with van der Waals surface area (Å²) in [7, 11) is 0. The Balaban J connectivity index is 1.49. The molecular weight excluding hydrogens is 342 g/mol. The van der Waals surface area contributed by atoms with Crippen molar-refractivity contribution in [3.8, 4) is 0 Å². The third-order valence-electron chi connectivity index (χ3n) is 4.77. The van der Waals surface area contributed by atoms with Gasteiger partial charge in [-0.3, -0.25) is 14.7 Å². The number of morpholine rings is 1. The van der Waals surface area contributed by atoms with E-state index in [0.717, 1.165) is 56.2 Å². The molecular formula is C20H23N5O2. The van der Waals surface area contributed by atoms with Crippen LogP contribution in [0.25, 0.3) is 5.52 Å². The quantitative estimate of drug-likeness (QED) is 0.717. The van der Waals surface area contributed by atoms with Crippen molar-refractivity contribution in [1.82, 2.24) is 24.6 Å². The second kappa shape index (κ2) is 8.28. The van der Waals surface area contributed by atoms with Crippen molar-refractivity contribution in [3.05, 3.63) is 66.0 Å². The van der Waals surface area contributed by atoms with Crippen molar-refractivity contribution in [2.45, 2.75) is 13.0 Å². The van der Waals surface area contributed by atoms with Crippen LogP contribution >= 0.6 is 0 Å². The summed E-state index contributed by atoms with van der Waals surface area (Å²) in [5, 5.41) is 2.94. The Bertz CT molecular complexity index is 903. The van der Waals surface area contributed by atoms with Crippen molar-refractivity contribution in [2.24, 2.45) is 0 Å². The lowest BCUT2D eigenvalue weighted by molar-refractivity contribution is 0.0382. The molecule has 0 spiro atoms. The van der Waals surface area contributed by atoms with Gasteiger partial charge in [0.15, 0.2) is 5.69 Å². The number of fused-ring (bicyclic) bond motifs is 1. The second-order valence-electron chi connectivity index (χ2n) is 6.58. The molecule has 1 aliphatic rings. The highest BCUT2D eigenvalue weighted by molar-refractivity contribution is 5.99. The monoisotopic (exact) mass is 365 g/mol. The first-order valence-corrected chi connectivity index (χ1v) is 9.24. The van der Waals surface area contributed by atoms with Crippen LogP contribution in [-0.4, -0.2) is 58.0 Å². The number of carbonyl (C=O) groups is 1. The molecule has 1 fully saturated rings. The zero-order valence-corrected chi connectivity index (χ0v) is 15.2. The number of aromatic nitrogens is 3. The molecule has 0 atom stereocenters. The zero-order valence-electron chi connectivity index (χ0n) is 15.2. The maximum absolute atomic E-state index is 12.7. The molecule has 0 bridgehead atoms. The summed E-state index contributed by atoms with van der Waals surface area (Å²) in [4.78, 5) is 23.8. The molecule has 1 aliphatic heterocycles. The largest absolute Gasteiger partial charge is 0.379 e. The first kappa shape index (κ1) is 17.6. The molecule has 140 valence electrons. The zero-order chi connectivity index (χ0) is 18.5. The Hall–Kier alpha value is -2.77. The molecule has 0 unspecified atom stereocenters. The highest BCUT2D eigenvalue weighted by Gasteiger charge is 2.18. The average Bonchev–Trinajstić information content (AvgIpc) is 3.11. The fourth-order valence-electron chi connectivity index (χ4n) is 3.30. The Kier molecular flexibility index (Phi) is 5.41. The van der Waals surface area contributed by atoms with Crippen LogP contribution in [0.1, 0.15) is 21.9 Å². The van der Waals surface area contributed by atoms with Crippen LogP contribution in [0.2, 0.25) is 0 Å². The van der Waals surface area contributed by atoms with Crippen molar-refractivity contribution in [2.75, 3.05) is 32.8 Å². The lowest BCUT2D eigenvalue weighted by Gasteiger charge is -2.26. The van der Waals surface area contributed by atoms with E-state index in [0.29, 0.717) is 12.2 Å². The van der Waals surface area contributed by atoms with Gasteiger partial charge in [0.05, 0.1) is 18.7 Å². The number of amides is 1. The minimum absolute atomic E-state index is 0.167. The van der Waals surface area contributed by atoms with Gasteiger partial charge >= 0.3 is 0 Å². The van der Waals surface area contributed by atoms with Gasteiger partial charge in [-0.15, -0.1) is 0 Å². The van der Waals surface area contributed by atoms with Crippen molar-refractivity contribution >= 4 is 11.4 Å². The summed E-state index contributed by atoms with van der Waals surface area (Å²) < 4.78 is 7.41. The lowest BCUT2D eigenvalue weighted by atomic mass is 10.2. The topological polar surface area (TPSA) is 71.8 Å². The van der Waals surface area contributed by atoms with Crippen LogP contribution in [0.3, 0.4) is 0 Å².